The molecule has 0 radical (unpaired) electrons. The largest absolute Gasteiger partial charge is 0.246 e. The first-order valence-electron chi connectivity index (χ1n) is 5.52. The summed E-state index contributed by atoms with van der Waals surface area (Å²) in [7, 11) is 0. The summed E-state index contributed by atoms with van der Waals surface area (Å²) in [5.41, 5.74) is 2.52. The molecule has 0 fully saturated rings. The molecule has 0 aliphatic carbocycles. The maximum atomic E-state index is 8.83. The van der Waals surface area contributed by atoms with Crippen LogP contribution in [0, 0.1) is 11.3 Å². The first kappa shape index (κ1) is 12.9. The van der Waals surface area contributed by atoms with Gasteiger partial charge in [-0.1, -0.05) is 28.1 Å². The molecular formula is C13H7BrClN3S. The second kappa shape index (κ2) is 5.12. The zero-order chi connectivity index (χ0) is 13.4. The maximum Gasteiger partial charge on any atom is 0.218 e. The van der Waals surface area contributed by atoms with Crippen molar-refractivity contribution in [3.8, 4) is 6.07 Å². The Bertz CT molecular complexity index is 657. The fourth-order valence-electron chi connectivity index (χ4n) is 2.02. The lowest BCUT2D eigenvalue weighted by Gasteiger charge is -2.22. The van der Waals surface area contributed by atoms with E-state index < -0.39 is 0 Å². The second-order valence-electron chi connectivity index (χ2n) is 4.09. The van der Waals surface area contributed by atoms with Gasteiger partial charge in [0.15, 0.2) is 0 Å². The van der Waals surface area contributed by atoms with Crippen LogP contribution in [0.3, 0.4) is 0 Å². The fourth-order valence-corrected chi connectivity index (χ4v) is 4.17. The summed E-state index contributed by atoms with van der Waals surface area (Å²) in [4.78, 5) is 8.70. The van der Waals surface area contributed by atoms with Crippen molar-refractivity contribution in [2.24, 2.45) is 9.98 Å². The van der Waals surface area contributed by atoms with Gasteiger partial charge in [0.2, 0.25) is 5.29 Å². The van der Waals surface area contributed by atoms with Gasteiger partial charge < -0.3 is 0 Å². The molecule has 3 nitrogen and oxygen atoms in total. The number of nitrogens with zero attached hydrogens (tertiary/aromatic N) is 3. The van der Waals surface area contributed by atoms with E-state index >= 15 is 0 Å². The van der Waals surface area contributed by atoms with Gasteiger partial charge >= 0.3 is 0 Å². The number of halogens is 2. The van der Waals surface area contributed by atoms with E-state index in [1.165, 1.54) is 0 Å². The fraction of sp³-hybridized carbons (Fsp3) is 0.154. The third-order valence-electron chi connectivity index (χ3n) is 2.93. The highest BCUT2D eigenvalue weighted by atomic mass is 79.9. The van der Waals surface area contributed by atoms with Gasteiger partial charge in [0, 0.05) is 4.48 Å². The van der Waals surface area contributed by atoms with Gasteiger partial charge in [-0.15, -0.1) is 11.8 Å². The van der Waals surface area contributed by atoms with Crippen molar-refractivity contribution in [2.75, 3.05) is 0 Å². The second-order valence-corrected chi connectivity index (χ2v) is 6.36. The maximum absolute atomic E-state index is 8.83. The number of fused-ring (bicyclic) bond motifs is 1. The SMILES string of the molecule is N#Cc1ccc(C2=NC(Cl)=NC3C(Br)=CSC23)cc1. The first-order chi connectivity index (χ1) is 9.19. The van der Waals surface area contributed by atoms with Crippen molar-refractivity contribution in [2.45, 2.75) is 11.3 Å². The Morgan fingerprint density at radius 1 is 1.32 bits per heavy atom. The molecule has 0 amide bonds. The van der Waals surface area contributed by atoms with Crippen LogP contribution in [0.4, 0.5) is 0 Å². The van der Waals surface area contributed by atoms with Gasteiger partial charge in [0.05, 0.1) is 22.6 Å². The Morgan fingerprint density at radius 3 is 2.74 bits per heavy atom. The van der Waals surface area contributed by atoms with Crippen LogP contribution in [0.5, 0.6) is 0 Å². The molecule has 94 valence electrons. The Morgan fingerprint density at radius 2 is 2.05 bits per heavy atom. The molecular weight excluding hydrogens is 346 g/mol. The summed E-state index contributed by atoms with van der Waals surface area (Å²) in [6.45, 7) is 0. The van der Waals surface area contributed by atoms with Crippen molar-refractivity contribution < 1.29 is 0 Å². The Labute approximate surface area is 128 Å². The van der Waals surface area contributed by atoms with Gasteiger partial charge in [-0.05, 0) is 34.7 Å². The van der Waals surface area contributed by atoms with Crippen LogP contribution in [-0.4, -0.2) is 22.3 Å². The molecule has 2 heterocycles. The highest BCUT2D eigenvalue weighted by Crippen LogP contribution is 2.40. The van der Waals surface area contributed by atoms with Crippen LogP contribution in [0.15, 0.2) is 44.1 Å². The summed E-state index contributed by atoms with van der Waals surface area (Å²) in [6.07, 6.45) is 0. The number of nitriles is 1. The molecule has 1 aromatic carbocycles. The summed E-state index contributed by atoms with van der Waals surface area (Å²) in [5, 5.41) is 11.3. The predicted molar refractivity (Wildman–Crippen MR) is 83.2 cm³/mol. The van der Waals surface area contributed by atoms with Gasteiger partial charge in [-0.25, -0.2) is 9.98 Å². The van der Waals surface area contributed by atoms with E-state index in [1.807, 2.05) is 17.5 Å². The zero-order valence-corrected chi connectivity index (χ0v) is 12.7. The van der Waals surface area contributed by atoms with E-state index in [9.17, 15) is 0 Å². The lowest BCUT2D eigenvalue weighted by atomic mass is 10.0. The molecule has 1 aromatic rings. The number of rotatable bonds is 1. The molecule has 0 saturated carbocycles. The zero-order valence-electron chi connectivity index (χ0n) is 9.55. The van der Waals surface area contributed by atoms with Crippen molar-refractivity contribution in [1.82, 2.24) is 0 Å². The summed E-state index contributed by atoms with van der Waals surface area (Å²) in [6, 6.07) is 9.48. The Hall–Kier alpha value is -1.09. The van der Waals surface area contributed by atoms with Crippen molar-refractivity contribution in [3.05, 3.63) is 45.3 Å². The monoisotopic (exact) mass is 351 g/mol. The van der Waals surface area contributed by atoms with E-state index in [0.717, 1.165) is 15.8 Å². The minimum atomic E-state index is 0.000596. The molecule has 0 spiro atoms. The van der Waals surface area contributed by atoms with E-state index in [-0.39, 0.29) is 16.6 Å². The van der Waals surface area contributed by atoms with E-state index in [1.54, 1.807) is 23.9 Å². The van der Waals surface area contributed by atoms with Crippen LogP contribution in [0.2, 0.25) is 0 Å². The summed E-state index contributed by atoms with van der Waals surface area (Å²) in [5.74, 6) is 0. The van der Waals surface area contributed by atoms with Crippen molar-refractivity contribution >= 4 is 50.3 Å². The average Bonchev–Trinajstić information content (AvgIpc) is 2.80. The quantitative estimate of drug-likeness (QED) is 0.724. The minimum absolute atomic E-state index is 0.000596. The van der Waals surface area contributed by atoms with Gasteiger partial charge in [0.25, 0.3) is 0 Å². The van der Waals surface area contributed by atoms with Crippen LogP contribution < -0.4 is 0 Å². The Balaban J connectivity index is 2.00. The van der Waals surface area contributed by atoms with Crippen LogP contribution in [0.1, 0.15) is 11.1 Å². The molecule has 0 N–H and O–H groups in total. The van der Waals surface area contributed by atoms with Gasteiger partial charge in [-0.2, -0.15) is 5.26 Å². The number of benzene rings is 1. The predicted octanol–water partition coefficient (Wildman–Crippen LogP) is 3.68. The van der Waals surface area contributed by atoms with Crippen LogP contribution >= 0.6 is 39.3 Å². The lowest BCUT2D eigenvalue weighted by molar-refractivity contribution is 0.869. The highest BCUT2D eigenvalue weighted by Gasteiger charge is 2.36. The van der Waals surface area contributed by atoms with Crippen molar-refractivity contribution in [1.29, 1.82) is 5.26 Å². The third-order valence-corrected chi connectivity index (χ3v) is 5.28. The Kier molecular flexibility index (Phi) is 3.48. The molecule has 2 unspecified atom stereocenters. The number of hydrogen-bond donors (Lipinski definition) is 0. The number of amidine groups is 1. The standard InChI is InChI=1S/C13H7BrClN3S/c14-9-6-19-12-10(17-13(15)18-11(9)12)8-3-1-7(5-16)2-4-8/h1-4,6,11-12H. The van der Waals surface area contributed by atoms with E-state index in [2.05, 4.69) is 32.0 Å². The normalized spacial score (nSPS) is 25.0. The highest BCUT2D eigenvalue weighted by molar-refractivity contribution is 9.11. The number of hydrogen-bond acceptors (Lipinski definition) is 4. The lowest BCUT2D eigenvalue weighted by Crippen LogP contribution is -2.32. The van der Waals surface area contributed by atoms with E-state index in [0.29, 0.717) is 5.56 Å². The smallest absolute Gasteiger partial charge is 0.218 e. The van der Waals surface area contributed by atoms with Crippen LogP contribution in [0.25, 0.3) is 0 Å². The van der Waals surface area contributed by atoms with Crippen LogP contribution in [-0.2, 0) is 0 Å². The van der Waals surface area contributed by atoms with E-state index in [4.69, 9.17) is 16.9 Å². The topological polar surface area (TPSA) is 48.5 Å². The minimum Gasteiger partial charge on any atom is -0.246 e. The summed E-state index contributed by atoms with van der Waals surface area (Å²) < 4.78 is 1.03. The molecule has 3 rings (SSSR count). The third kappa shape index (κ3) is 2.36. The molecule has 6 heteroatoms. The molecule has 0 aromatic heterocycles. The molecule has 0 bridgehead atoms. The molecule has 0 saturated heterocycles. The van der Waals surface area contributed by atoms with Gasteiger partial charge in [0.1, 0.15) is 6.04 Å². The average molecular weight is 353 g/mol. The first-order valence-corrected chi connectivity index (χ1v) is 7.64. The molecule has 2 aliphatic heterocycles. The molecule has 2 aliphatic rings. The van der Waals surface area contributed by atoms with Crippen molar-refractivity contribution in [3.63, 3.8) is 0 Å². The molecule has 2 atom stereocenters. The summed E-state index contributed by atoms with van der Waals surface area (Å²) >= 11 is 11.2. The number of thioether (sulfide) groups is 1. The number of aliphatic imine (C=N–C) groups is 2. The van der Waals surface area contributed by atoms with Gasteiger partial charge in [-0.3, -0.25) is 0 Å². The molecule has 19 heavy (non-hydrogen) atoms.